The fraction of sp³-hybridized carbons (Fsp3) is 0.316. The molecule has 2 aromatic carbocycles. The largest absolute Gasteiger partial charge is 0.377 e. The molecule has 0 aliphatic carbocycles. The maximum absolute atomic E-state index is 12.3. The Bertz CT molecular complexity index is 877. The van der Waals surface area contributed by atoms with Gasteiger partial charge in [-0.15, -0.1) is 0 Å². The lowest BCUT2D eigenvalue weighted by molar-refractivity contribution is -0.115. The topological polar surface area (TPSA) is 84.5 Å². The zero-order chi connectivity index (χ0) is 19.3. The number of ether oxygens (including phenoxy) is 1. The van der Waals surface area contributed by atoms with Crippen molar-refractivity contribution in [1.29, 1.82) is 0 Å². The number of rotatable bonds is 7. The summed E-state index contributed by atoms with van der Waals surface area (Å²) < 4.78 is 33.6. The fourth-order valence-electron chi connectivity index (χ4n) is 2.80. The molecule has 1 heterocycles. The van der Waals surface area contributed by atoms with E-state index in [9.17, 15) is 13.2 Å². The molecule has 1 fully saturated rings. The molecule has 3 rings (SSSR count). The highest BCUT2D eigenvalue weighted by Gasteiger charge is 2.20. The Hall–Kier alpha value is -1.74. The van der Waals surface area contributed by atoms with E-state index >= 15 is 0 Å². The predicted molar refractivity (Wildman–Crippen MR) is 107 cm³/mol. The molecule has 6 nitrogen and oxygen atoms in total. The highest BCUT2D eigenvalue weighted by molar-refractivity contribution is 9.10. The van der Waals surface area contributed by atoms with Crippen molar-refractivity contribution in [2.24, 2.45) is 0 Å². The SMILES string of the molecule is O=C(Cc1ccc(Br)cc1)Nc1ccc(S(=O)(=O)NCC2CCCO2)cc1. The number of amides is 1. The molecule has 0 radical (unpaired) electrons. The van der Waals surface area contributed by atoms with Gasteiger partial charge < -0.3 is 10.1 Å². The van der Waals surface area contributed by atoms with Gasteiger partial charge in [-0.05, 0) is 54.8 Å². The first-order valence-electron chi connectivity index (χ1n) is 8.68. The van der Waals surface area contributed by atoms with Crippen molar-refractivity contribution in [2.75, 3.05) is 18.5 Å². The van der Waals surface area contributed by atoms with E-state index < -0.39 is 10.0 Å². The molecule has 1 atom stereocenters. The molecule has 2 aromatic rings. The van der Waals surface area contributed by atoms with E-state index in [1.165, 1.54) is 12.1 Å². The second-order valence-corrected chi connectivity index (χ2v) is 9.05. The van der Waals surface area contributed by atoms with Crippen LogP contribution in [0.25, 0.3) is 0 Å². The van der Waals surface area contributed by atoms with Crippen molar-refractivity contribution in [3.8, 4) is 0 Å². The van der Waals surface area contributed by atoms with Gasteiger partial charge in [0, 0.05) is 23.3 Å². The van der Waals surface area contributed by atoms with Gasteiger partial charge in [-0.2, -0.15) is 0 Å². The first-order chi connectivity index (χ1) is 12.9. The molecule has 8 heteroatoms. The van der Waals surface area contributed by atoms with Crippen LogP contribution in [-0.4, -0.2) is 33.6 Å². The zero-order valence-electron chi connectivity index (χ0n) is 14.7. The Balaban J connectivity index is 1.55. The Morgan fingerprint density at radius 3 is 2.44 bits per heavy atom. The average molecular weight is 453 g/mol. The summed E-state index contributed by atoms with van der Waals surface area (Å²) >= 11 is 3.36. The standard InChI is InChI=1S/C19H21BrN2O4S/c20-15-5-3-14(4-6-15)12-19(23)22-16-7-9-18(10-8-16)27(24,25)21-13-17-2-1-11-26-17/h3-10,17,21H,1-2,11-13H2,(H,22,23). The van der Waals surface area contributed by atoms with Gasteiger partial charge in [0.15, 0.2) is 0 Å². The highest BCUT2D eigenvalue weighted by atomic mass is 79.9. The van der Waals surface area contributed by atoms with Gasteiger partial charge in [-0.3, -0.25) is 4.79 Å². The molecule has 1 aliphatic heterocycles. The van der Waals surface area contributed by atoms with Crippen LogP contribution < -0.4 is 10.0 Å². The summed E-state index contributed by atoms with van der Waals surface area (Å²) in [5.74, 6) is -0.163. The Labute approximate surface area is 167 Å². The van der Waals surface area contributed by atoms with Gasteiger partial charge in [0.05, 0.1) is 17.4 Å². The van der Waals surface area contributed by atoms with Crippen LogP contribution in [0.4, 0.5) is 5.69 Å². The lowest BCUT2D eigenvalue weighted by atomic mass is 10.1. The third kappa shape index (κ3) is 5.87. The molecule has 1 amide bonds. The molecule has 0 aromatic heterocycles. The lowest BCUT2D eigenvalue weighted by Crippen LogP contribution is -2.31. The molecule has 1 unspecified atom stereocenters. The maximum atomic E-state index is 12.3. The summed E-state index contributed by atoms with van der Waals surface area (Å²) in [5, 5.41) is 2.77. The van der Waals surface area contributed by atoms with Crippen molar-refractivity contribution in [3.05, 3.63) is 58.6 Å². The first kappa shape index (κ1) is 20.0. The minimum Gasteiger partial charge on any atom is -0.377 e. The summed E-state index contributed by atoms with van der Waals surface area (Å²) in [6.07, 6.45) is 2.01. The molecule has 0 spiro atoms. The average Bonchev–Trinajstić information content (AvgIpc) is 3.16. The normalized spacial score (nSPS) is 17.0. The van der Waals surface area contributed by atoms with Gasteiger partial charge in [0.25, 0.3) is 0 Å². The number of hydrogen-bond donors (Lipinski definition) is 2. The number of carbonyl (C=O) groups excluding carboxylic acids is 1. The minimum atomic E-state index is -3.59. The van der Waals surface area contributed by atoms with E-state index in [0.29, 0.717) is 12.3 Å². The number of benzene rings is 2. The molecule has 144 valence electrons. The maximum Gasteiger partial charge on any atom is 0.240 e. The predicted octanol–water partition coefficient (Wildman–Crippen LogP) is 3.09. The Morgan fingerprint density at radius 2 is 1.81 bits per heavy atom. The first-order valence-corrected chi connectivity index (χ1v) is 11.0. The Kier molecular flexibility index (Phi) is 6.64. The number of sulfonamides is 1. The van der Waals surface area contributed by atoms with Crippen LogP contribution in [-0.2, 0) is 26.0 Å². The van der Waals surface area contributed by atoms with Crippen LogP contribution in [0, 0.1) is 0 Å². The van der Waals surface area contributed by atoms with Crippen LogP contribution in [0.2, 0.25) is 0 Å². The van der Waals surface area contributed by atoms with E-state index in [1.54, 1.807) is 12.1 Å². The van der Waals surface area contributed by atoms with Crippen molar-refractivity contribution in [3.63, 3.8) is 0 Å². The smallest absolute Gasteiger partial charge is 0.240 e. The van der Waals surface area contributed by atoms with Crippen LogP contribution >= 0.6 is 15.9 Å². The number of carbonyl (C=O) groups is 1. The van der Waals surface area contributed by atoms with Crippen LogP contribution in [0.15, 0.2) is 57.9 Å². The number of nitrogens with one attached hydrogen (secondary N) is 2. The number of hydrogen-bond acceptors (Lipinski definition) is 4. The van der Waals surface area contributed by atoms with Gasteiger partial charge in [0.2, 0.25) is 15.9 Å². The van der Waals surface area contributed by atoms with Gasteiger partial charge in [0.1, 0.15) is 0 Å². The number of anilines is 1. The molecule has 0 bridgehead atoms. The number of halogens is 1. The summed E-state index contributed by atoms with van der Waals surface area (Å²) in [6.45, 7) is 0.953. The third-order valence-electron chi connectivity index (χ3n) is 4.25. The van der Waals surface area contributed by atoms with Crippen molar-refractivity contribution < 1.29 is 17.9 Å². The van der Waals surface area contributed by atoms with Crippen molar-refractivity contribution >= 4 is 37.5 Å². The van der Waals surface area contributed by atoms with E-state index in [-0.39, 0.29) is 29.9 Å². The summed E-state index contributed by atoms with van der Waals surface area (Å²) in [5.41, 5.74) is 1.45. The second-order valence-electron chi connectivity index (χ2n) is 6.36. The van der Waals surface area contributed by atoms with Crippen LogP contribution in [0.1, 0.15) is 18.4 Å². The third-order valence-corrected chi connectivity index (χ3v) is 6.22. The van der Waals surface area contributed by atoms with E-state index in [2.05, 4.69) is 26.0 Å². The molecular formula is C19H21BrN2O4S. The molecule has 1 saturated heterocycles. The fourth-order valence-corrected chi connectivity index (χ4v) is 4.13. The van der Waals surface area contributed by atoms with Crippen molar-refractivity contribution in [2.45, 2.75) is 30.3 Å². The molecular weight excluding hydrogens is 432 g/mol. The van der Waals surface area contributed by atoms with Crippen LogP contribution in [0.3, 0.4) is 0 Å². The monoisotopic (exact) mass is 452 g/mol. The van der Waals surface area contributed by atoms with Gasteiger partial charge in [-0.25, -0.2) is 13.1 Å². The second kappa shape index (κ2) is 8.97. The van der Waals surface area contributed by atoms with Crippen molar-refractivity contribution in [1.82, 2.24) is 4.72 Å². The molecule has 1 aliphatic rings. The zero-order valence-corrected chi connectivity index (χ0v) is 17.1. The quantitative estimate of drug-likeness (QED) is 0.675. The van der Waals surface area contributed by atoms with Gasteiger partial charge >= 0.3 is 0 Å². The lowest BCUT2D eigenvalue weighted by Gasteiger charge is -2.12. The molecule has 0 saturated carbocycles. The summed E-state index contributed by atoms with van der Waals surface area (Å²) in [7, 11) is -3.59. The summed E-state index contributed by atoms with van der Waals surface area (Å²) in [6, 6.07) is 13.6. The molecule has 2 N–H and O–H groups in total. The van der Waals surface area contributed by atoms with E-state index in [0.717, 1.165) is 22.9 Å². The van der Waals surface area contributed by atoms with Gasteiger partial charge in [-0.1, -0.05) is 28.1 Å². The Morgan fingerprint density at radius 1 is 1.11 bits per heavy atom. The molecule has 27 heavy (non-hydrogen) atoms. The minimum absolute atomic E-state index is 0.0584. The summed E-state index contributed by atoms with van der Waals surface area (Å²) in [4.78, 5) is 12.3. The van der Waals surface area contributed by atoms with E-state index in [4.69, 9.17) is 4.74 Å². The van der Waals surface area contributed by atoms with Crippen LogP contribution in [0.5, 0.6) is 0 Å². The highest BCUT2D eigenvalue weighted by Crippen LogP contribution is 2.17. The van der Waals surface area contributed by atoms with E-state index in [1.807, 2.05) is 24.3 Å².